The molecule has 0 radical (unpaired) electrons. The minimum Gasteiger partial charge on any atom is -0.323 e. The third kappa shape index (κ3) is 5.15. The summed E-state index contributed by atoms with van der Waals surface area (Å²) in [5, 5.41) is 2.75. The largest absolute Gasteiger partial charge is 0.323 e. The number of aryl methyl sites for hydroxylation is 3. The summed E-state index contributed by atoms with van der Waals surface area (Å²) in [7, 11) is 3.75. The van der Waals surface area contributed by atoms with Crippen molar-refractivity contribution in [1.29, 1.82) is 0 Å². The third-order valence-corrected chi connectivity index (χ3v) is 2.03. The summed E-state index contributed by atoms with van der Waals surface area (Å²) in [6.45, 7) is 11.4. The van der Waals surface area contributed by atoms with Gasteiger partial charge in [-0.15, -0.1) is 6.58 Å². The standard InChI is InChI=1S/C10H12N2.C3H6.C2H7N/c1-7-4-10-9(3)11-8(2)6-12(10)5-7;2*1-3-2/h4-6H,1-3H3;3H,1H2,2H3;3H,1-2H3. The molecule has 0 bridgehead atoms. The Bertz CT molecular complexity index is 484. The SMILES string of the molecule is C=CC.CNC.Cc1cc2c(C)nc(C)cn2c1. The van der Waals surface area contributed by atoms with E-state index in [1.165, 1.54) is 11.1 Å². The van der Waals surface area contributed by atoms with Crippen LogP contribution in [-0.2, 0) is 0 Å². The van der Waals surface area contributed by atoms with E-state index < -0.39 is 0 Å². The number of allylic oxidation sites excluding steroid dienone is 1. The Morgan fingerprint density at radius 1 is 1.22 bits per heavy atom. The highest BCUT2D eigenvalue weighted by Gasteiger charge is 2.00. The van der Waals surface area contributed by atoms with Gasteiger partial charge in [0.2, 0.25) is 0 Å². The van der Waals surface area contributed by atoms with Crippen molar-refractivity contribution in [2.45, 2.75) is 27.7 Å². The van der Waals surface area contributed by atoms with Crippen LogP contribution < -0.4 is 5.32 Å². The van der Waals surface area contributed by atoms with Gasteiger partial charge in [0, 0.05) is 12.4 Å². The molecule has 0 spiro atoms. The van der Waals surface area contributed by atoms with E-state index in [4.69, 9.17) is 0 Å². The smallest absolute Gasteiger partial charge is 0.0666 e. The van der Waals surface area contributed by atoms with E-state index in [2.05, 4.69) is 46.7 Å². The van der Waals surface area contributed by atoms with Gasteiger partial charge in [0.25, 0.3) is 0 Å². The van der Waals surface area contributed by atoms with Gasteiger partial charge in [-0.2, -0.15) is 0 Å². The van der Waals surface area contributed by atoms with Crippen molar-refractivity contribution >= 4 is 5.52 Å². The monoisotopic (exact) mass is 247 g/mol. The average Bonchev–Trinajstić information content (AvgIpc) is 2.61. The Balaban J connectivity index is 0.000000414. The summed E-state index contributed by atoms with van der Waals surface area (Å²) >= 11 is 0. The van der Waals surface area contributed by atoms with E-state index in [9.17, 15) is 0 Å². The molecule has 0 aliphatic carbocycles. The summed E-state index contributed by atoms with van der Waals surface area (Å²) < 4.78 is 2.13. The minimum absolute atomic E-state index is 1.07. The fourth-order valence-electron chi connectivity index (χ4n) is 1.57. The molecule has 0 atom stereocenters. The molecule has 1 N–H and O–H groups in total. The van der Waals surface area contributed by atoms with Crippen molar-refractivity contribution in [3.05, 3.63) is 48.1 Å². The van der Waals surface area contributed by atoms with Crippen molar-refractivity contribution in [1.82, 2.24) is 14.7 Å². The molecule has 0 saturated heterocycles. The van der Waals surface area contributed by atoms with Crippen molar-refractivity contribution in [2.24, 2.45) is 0 Å². The third-order valence-electron chi connectivity index (χ3n) is 2.03. The molecular formula is C15H25N3. The van der Waals surface area contributed by atoms with Crippen LogP contribution in [0.5, 0.6) is 0 Å². The van der Waals surface area contributed by atoms with Crippen LogP contribution in [0.1, 0.15) is 23.9 Å². The first kappa shape index (κ1) is 16.4. The highest BCUT2D eigenvalue weighted by Crippen LogP contribution is 2.12. The zero-order valence-electron chi connectivity index (χ0n) is 12.4. The maximum Gasteiger partial charge on any atom is 0.0666 e. The molecule has 3 nitrogen and oxygen atoms in total. The summed E-state index contributed by atoms with van der Waals surface area (Å²) in [6, 6.07) is 2.15. The molecule has 0 amide bonds. The zero-order chi connectivity index (χ0) is 14.1. The first-order chi connectivity index (χ1) is 8.49. The second-order valence-electron chi connectivity index (χ2n) is 4.19. The molecule has 0 aliphatic heterocycles. The number of hydrogen-bond donors (Lipinski definition) is 1. The molecule has 2 aromatic rings. The van der Waals surface area contributed by atoms with Gasteiger partial charge in [-0.05, 0) is 53.4 Å². The van der Waals surface area contributed by atoms with Gasteiger partial charge in [0.1, 0.15) is 0 Å². The number of hydrogen-bond acceptors (Lipinski definition) is 2. The molecular weight excluding hydrogens is 222 g/mol. The van der Waals surface area contributed by atoms with Gasteiger partial charge in [-0.25, -0.2) is 0 Å². The van der Waals surface area contributed by atoms with Crippen LogP contribution in [0.15, 0.2) is 31.1 Å². The predicted molar refractivity (Wildman–Crippen MR) is 80.3 cm³/mol. The van der Waals surface area contributed by atoms with E-state index in [1.54, 1.807) is 6.08 Å². The van der Waals surface area contributed by atoms with Gasteiger partial charge in [-0.1, -0.05) is 6.08 Å². The van der Waals surface area contributed by atoms with Crippen molar-refractivity contribution in [2.75, 3.05) is 14.1 Å². The fourth-order valence-corrected chi connectivity index (χ4v) is 1.57. The lowest BCUT2D eigenvalue weighted by Gasteiger charge is -1.99. The van der Waals surface area contributed by atoms with Crippen molar-refractivity contribution in [3.63, 3.8) is 0 Å². The van der Waals surface area contributed by atoms with Crippen LogP contribution in [-0.4, -0.2) is 23.5 Å². The molecule has 0 unspecified atom stereocenters. The van der Waals surface area contributed by atoms with Gasteiger partial charge >= 0.3 is 0 Å². The van der Waals surface area contributed by atoms with Crippen molar-refractivity contribution in [3.8, 4) is 0 Å². The van der Waals surface area contributed by atoms with Crippen LogP contribution in [0, 0.1) is 20.8 Å². The lowest BCUT2D eigenvalue weighted by Crippen LogP contribution is -1.92. The van der Waals surface area contributed by atoms with Crippen LogP contribution in [0.4, 0.5) is 0 Å². The fraction of sp³-hybridized carbons (Fsp3) is 0.400. The maximum atomic E-state index is 4.39. The van der Waals surface area contributed by atoms with Crippen LogP contribution in [0.2, 0.25) is 0 Å². The Morgan fingerprint density at radius 2 is 1.72 bits per heavy atom. The normalized spacial score (nSPS) is 9.00. The van der Waals surface area contributed by atoms with Crippen LogP contribution >= 0.6 is 0 Å². The molecule has 0 saturated carbocycles. The Morgan fingerprint density at radius 3 is 2.22 bits per heavy atom. The topological polar surface area (TPSA) is 29.3 Å². The summed E-state index contributed by atoms with van der Waals surface area (Å²) in [6.07, 6.45) is 5.92. The van der Waals surface area contributed by atoms with Crippen molar-refractivity contribution < 1.29 is 0 Å². The molecule has 0 aromatic carbocycles. The van der Waals surface area contributed by atoms with Gasteiger partial charge in [0.05, 0.1) is 16.9 Å². The number of aromatic nitrogens is 2. The van der Waals surface area contributed by atoms with Crippen LogP contribution in [0.3, 0.4) is 0 Å². The number of nitrogens with zero attached hydrogens (tertiary/aromatic N) is 2. The van der Waals surface area contributed by atoms with E-state index in [0.29, 0.717) is 0 Å². The Kier molecular flexibility index (Phi) is 7.72. The average molecular weight is 247 g/mol. The summed E-state index contributed by atoms with van der Waals surface area (Å²) in [4.78, 5) is 4.39. The second kappa shape index (κ2) is 8.48. The molecule has 3 heteroatoms. The quantitative estimate of drug-likeness (QED) is 0.724. The minimum atomic E-state index is 1.07. The predicted octanol–water partition coefficient (Wildman–Crippen LogP) is 3.29. The highest BCUT2D eigenvalue weighted by molar-refractivity contribution is 5.54. The Labute approximate surface area is 111 Å². The van der Waals surface area contributed by atoms with E-state index in [0.717, 1.165) is 11.4 Å². The summed E-state index contributed by atoms with van der Waals surface area (Å²) in [5.41, 5.74) is 4.65. The van der Waals surface area contributed by atoms with E-state index in [1.807, 2.05) is 34.9 Å². The molecule has 2 heterocycles. The lowest BCUT2D eigenvalue weighted by atomic mass is 10.3. The molecule has 0 aliphatic rings. The molecule has 2 rings (SSSR count). The lowest BCUT2D eigenvalue weighted by molar-refractivity contribution is 1.02. The number of fused-ring (bicyclic) bond motifs is 1. The first-order valence-electron chi connectivity index (χ1n) is 6.08. The molecule has 0 fully saturated rings. The maximum absolute atomic E-state index is 4.39. The number of nitrogens with one attached hydrogen (secondary N) is 1. The van der Waals surface area contributed by atoms with E-state index in [-0.39, 0.29) is 0 Å². The van der Waals surface area contributed by atoms with E-state index >= 15 is 0 Å². The number of rotatable bonds is 0. The Hall–Kier alpha value is -1.61. The van der Waals surface area contributed by atoms with Crippen LogP contribution in [0.25, 0.3) is 5.52 Å². The van der Waals surface area contributed by atoms with Gasteiger partial charge in [-0.3, -0.25) is 4.98 Å². The first-order valence-corrected chi connectivity index (χ1v) is 6.08. The molecule has 100 valence electrons. The van der Waals surface area contributed by atoms with Gasteiger partial charge < -0.3 is 9.72 Å². The molecule has 2 aromatic heterocycles. The highest BCUT2D eigenvalue weighted by atomic mass is 14.9. The molecule has 18 heavy (non-hydrogen) atoms. The zero-order valence-corrected chi connectivity index (χ0v) is 12.4. The van der Waals surface area contributed by atoms with Gasteiger partial charge in [0.15, 0.2) is 0 Å². The summed E-state index contributed by atoms with van der Waals surface area (Å²) in [5.74, 6) is 0. The second-order valence-corrected chi connectivity index (χ2v) is 4.19.